The Balaban J connectivity index is 2.45. The van der Waals surface area contributed by atoms with E-state index in [2.05, 4.69) is 0 Å². The number of halogens is 3. The lowest BCUT2D eigenvalue weighted by Crippen LogP contribution is -1.99. The van der Waals surface area contributed by atoms with Crippen LogP contribution in [0.3, 0.4) is 0 Å². The summed E-state index contributed by atoms with van der Waals surface area (Å²) in [5, 5.41) is 0.121. The molecule has 3 nitrogen and oxygen atoms in total. The molecule has 0 heterocycles. The lowest BCUT2D eigenvalue weighted by Gasteiger charge is -2.11. The van der Waals surface area contributed by atoms with Gasteiger partial charge in [0.15, 0.2) is 23.1 Å². The van der Waals surface area contributed by atoms with Crippen LogP contribution in [0.4, 0.5) is 14.5 Å². The van der Waals surface area contributed by atoms with Crippen LogP contribution in [0, 0.1) is 11.6 Å². The first-order valence-electron chi connectivity index (χ1n) is 5.61. The van der Waals surface area contributed by atoms with Crippen molar-refractivity contribution < 1.29 is 18.3 Å². The zero-order valence-electron chi connectivity index (χ0n) is 10.4. The number of ketones is 1. The molecule has 104 valence electrons. The highest BCUT2D eigenvalue weighted by molar-refractivity contribution is 6.33. The fourth-order valence-corrected chi connectivity index (χ4v) is 1.77. The molecule has 0 saturated carbocycles. The number of hydrogen-bond donors (Lipinski definition) is 1. The molecule has 0 fully saturated rings. The molecular formula is C14H10ClF2NO2. The summed E-state index contributed by atoms with van der Waals surface area (Å²) in [6, 6.07) is 5.60. The van der Waals surface area contributed by atoms with Crippen LogP contribution in [0.2, 0.25) is 5.02 Å². The van der Waals surface area contributed by atoms with Gasteiger partial charge in [0.1, 0.15) is 5.82 Å². The molecule has 20 heavy (non-hydrogen) atoms. The number of ether oxygens (including phenoxy) is 1. The predicted octanol–water partition coefficient (Wildman–Crippen LogP) is 4.20. The van der Waals surface area contributed by atoms with E-state index < -0.39 is 11.6 Å². The van der Waals surface area contributed by atoms with Crippen molar-refractivity contribution in [2.75, 3.05) is 5.73 Å². The predicted molar refractivity (Wildman–Crippen MR) is 72.3 cm³/mol. The molecule has 0 saturated heterocycles. The molecule has 0 bridgehead atoms. The third-order valence-corrected chi connectivity index (χ3v) is 2.92. The zero-order valence-corrected chi connectivity index (χ0v) is 11.2. The number of nitrogen functional groups attached to an aromatic ring is 1. The van der Waals surface area contributed by atoms with Gasteiger partial charge in [0, 0.05) is 11.6 Å². The van der Waals surface area contributed by atoms with Crippen LogP contribution in [0.5, 0.6) is 11.5 Å². The number of hydrogen-bond acceptors (Lipinski definition) is 3. The van der Waals surface area contributed by atoms with E-state index in [-0.39, 0.29) is 33.6 Å². The second-order valence-corrected chi connectivity index (χ2v) is 4.51. The number of Topliss-reactive ketones (excluding diaryl/α,β-unsaturated/α-hetero) is 1. The number of carbonyl (C=O) groups is 1. The average molecular weight is 298 g/mol. The fourth-order valence-electron chi connectivity index (χ4n) is 1.56. The third-order valence-electron chi connectivity index (χ3n) is 2.61. The molecule has 0 aliphatic heterocycles. The average Bonchev–Trinajstić information content (AvgIpc) is 2.37. The Morgan fingerprint density at radius 1 is 1.20 bits per heavy atom. The van der Waals surface area contributed by atoms with Gasteiger partial charge in [-0.15, -0.1) is 0 Å². The normalized spacial score (nSPS) is 10.4. The summed E-state index contributed by atoms with van der Waals surface area (Å²) >= 11 is 5.88. The van der Waals surface area contributed by atoms with E-state index in [1.807, 2.05) is 0 Å². The fraction of sp³-hybridized carbons (Fsp3) is 0.0714. The summed E-state index contributed by atoms with van der Waals surface area (Å²) in [5.74, 6) is -2.02. The van der Waals surface area contributed by atoms with Crippen molar-refractivity contribution in [1.82, 2.24) is 0 Å². The Bertz CT molecular complexity index is 689. The van der Waals surface area contributed by atoms with Crippen LogP contribution >= 0.6 is 11.6 Å². The summed E-state index contributed by atoms with van der Waals surface area (Å²) in [4.78, 5) is 11.3. The topological polar surface area (TPSA) is 52.3 Å². The number of anilines is 1. The molecule has 6 heteroatoms. The highest BCUT2D eigenvalue weighted by atomic mass is 35.5. The Morgan fingerprint density at radius 3 is 2.50 bits per heavy atom. The molecule has 0 spiro atoms. The van der Waals surface area contributed by atoms with Crippen molar-refractivity contribution >= 4 is 23.1 Å². The van der Waals surface area contributed by atoms with Gasteiger partial charge in [0.2, 0.25) is 0 Å². The molecule has 2 N–H and O–H groups in total. The van der Waals surface area contributed by atoms with Crippen LogP contribution in [0.25, 0.3) is 0 Å². The minimum absolute atomic E-state index is 0.0354. The highest BCUT2D eigenvalue weighted by Crippen LogP contribution is 2.35. The second kappa shape index (κ2) is 5.46. The maximum absolute atomic E-state index is 13.5. The Hall–Kier alpha value is -2.14. The lowest BCUT2D eigenvalue weighted by atomic mass is 10.1. The van der Waals surface area contributed by atoms with Gasteiger partial charge < -0.3 is 10.5 Å². The Kier molecular flexibility index (Phi) is 3.90. The summed E-state index contributed by atoms with van der Waals surface area (Å²) in [6.45, 7) is 1.35. The van der Waals surface area contributed by atoms with Crippen molar-refractivity contribution in [3.05, 3.63) is 52.6 Å². The van der Waals surface area contributed by atoms with Crippen LogP contribution in [-0.4, -0.2) is 5.78 Å². The Morgan fingerprint density at radius 2 is 1.90 bits per heavy atom. The van der Waals surface area contributed by atoms with Crippen LogP contribution in [0.15, 0.2) is 30.3 Å². The van der Waals surface area contributed by atoms with E-state index in [4.69, 9.17) is 22.1 Å². The van der Waals surface area contributed by atoms with Gasteiger partial charge in [-0.2, -0.15) is 0 Å². The first-order valence-corrected chi connectivity index (χ1v) is 5.99. The maximum Gasteiger partial charge on any atom is 0.168 e. The molecule has 2 aromatic carbocycles. The maximum atomic E-state index is 13.5. The van der Waals surface area contributed by atoms with E-state index in [1.165, 1.54) is 19.1 Å². The first kappa shape index (κ1) is 14.3. The van der Waals surface area contributed by atoms with Gasteiger partial charge in [-0.05, 0) is 31.2 Å². The van der Waals surface area contributed by atoms with Gasteiger partial charge in [-0.1, -0.05) is 11.6 Å². The molecule has 0 radical (unpaired) electrons. The molecule has 0 aliphatic carbocycles. The molecule has 0 unspecified atom stereocenters. The van der Waals surface area contributed by atoms with E-state index in [0.29, 0.717) is 6.07 Å². The molecule has 0 amide bonds. The minimum Gasteiger partial charge on any atom is -0.452 e. The minimum atomic E-state index is -0.881. The summed E-state index contributed by atoms with van der Waals surface area (Å²) in [7, 11) is 0. The largest absolute Gasteiger partial charge is 0.452 e. The second-order valence-electron chi connectivity index (χ2n) is 4.10. The molecule has 0 atom stereocenters. The molecular weight excluding hydrogens is 288 g/mol. The van der Waals surface area contributed by atoms with Gasteiger partial charge >= 0.3 is 0 Å². The van der Waals surface area contributed by atoms with Crippen molar-refractivity contribution in [3.63, 3.8) is 0 Å². The van der Waals surface area contributed by atoms with Gasteiger partial charge in [0.25, 0.3) is 0 Å². The highest BCUT2D eigenvalue weighted by Gasteiger charge is 2.13. The van der Waals surface area contributed by atoms with E-state index in [0.717, 1.165) is 12.1 Å². The number of carbonyl (C=O) groups excluding carboxylic acids is 1. The van der Waals surface area contributed by atoms with Gasteiger partial charge in [-0.25, -0.2) is 8.78 Å². The van der Waals surface area contributed by atoms with Crippen LogP contribution in [-0.2, 0) is 0 Å². The van der Waals surface area contributed by atoms with Gasteiger partial charge in [0.05, 0.1) is 10.7 Å². The quantitative estimate of drug-likeness (QED) is 0.682. The van der Waals surface area contributed by atoms with E-state index in [1.54, 1.807) is 0 Å². The van der Waals surface area contributed by atoms with Crippen molar-refractivity contribution in [2.24, 2.45) is 0 Å². The zero-order chi connectivity index (χ0) is 14.9. The van der Waals surface area contributed by atoms with Crippen molar-refractivity contribution in [1.29, 1.82) is 0 Å². The Labute approximate surface area is 118 Å². The lowest BCUT2D eigenvalue weighted by molar-refractivity contribution is 0.101. The van der Waals surface area contributed by atoms with Crippen molar-refractivity contribution in [2.45, 2.75) is 6.92 Å². The SMILES string of the molecule is CC(=O)c1cc(Cl)c(N)c(Oc2ccc(F)cc2F)c1. The smallest absolute Gasteiger partial charge is 0.168 e. The van der Waals surface area contributed by atoms with Crippen molar-refractivity contribution in [3.8, 4) is 11.5 Å². The van der Waals surface area contributed by atoms with Gasteiger partial charge in [-0.3, -0.25) is 4.79 Å². The number of nitrogens with two attached hydrogens (primary N) is 1. The third kappa shape index (κ3) is 2.88. The number of benzene rings is 2. The van der Waals surface area contributed by atoms with Crippen LogP contribution < -0.4 is 10.5 Å². The molecule has 2 aromatic rings. The molecule has 0 aromatic heterocycles. The van der Waals surface area contributed by atoms with E-state index >= 15 is 0 Å². The van der Waals surface area contributed by atoms with Crippen LogP contribution in [0.1, 0.15) is 17.3 Å². The molecule has 2 rings (SSSR count). The summed E-state index contributed by atoms with van der Waals surface area (Å²) < 4.78 is 31.6. The monoisotopic (exact) mass is 297 g/mol. The van der Waals surface area contributed by atoms with E-state index in [9.17, 15) is 13.6 Å². The summed E-state index contributed by atoms with van der Waals surface area (Å²) in [5.41, 5.74) is 6.06. The first-order chi connectivity index (χ1) is 9.38. The standard InChI is InChI=1S/C14H10ClF2NO2/c1-7(19)8-4-10(15)14(18)13(5-8)20-12-3-2-9(16)6-11(12)17/h2-6H,18H2,1H3. The molecule has 0 aliphatic rings. The number of rotatable bonds is 3. The summed E-state index contributed by atoms with van der Waals surface area (Å²) in [6.07, 6.45) is 0.